The molecule has 0 bridgehead atoms. The van der Waals surface area contributed by atoms with Gasteiger partial charge in [-0.1, -0.05) is 18.2 Å². The number of hydrogen-bond donors (Lipinski definition) is 1. The van der Waals surface area contributed by atoms with Crippen LogP contribution in [0.5, 0.6) is 0 Å². The number of carbonyl (C=O) groups is 1. The molecule has 1 aliphatic heterocycles. The SMILES string of the molecule is COCCNC(=O)c1sc2ccccc2c1[C@H]1CN(c2cc(C)nc(C)n2)CCO1. The molecule has 30 heavy (non-hydrogen) atoms. The lowest BCUT2D eigenvalue weighted by molar-refractivity contribution is 0.0399. The Balaban J connectivity index is 1.67. The lowest BCUT2D eigenvalue weighted by Crippen LogP contribution is -2.39. The molecule has 8 heteroatoms. The average Bonchev–Trinajstić information content (AvgIpc) is 3.13. The molecule has 3 aromatic rings. The highest BCUT2D eigenvalue weighted by Gasteiger charge is 2.30. The summed E-state index contributed by atoms with van der Waals surface area (Å²) in [5.74, 6) is 1.57. The van der Waals surface area contributed by atoms with Gasteiger partial charge in [0.15, 0.2) is 0 Å². The van der Waals surface area contributed by atoms with E-state index in [2.05, 4.69) is 26.3 Å². The Kier molecular flexibility index (Phi) is 6.26. The maximum atomic E-state index is 12.9. The molecular formula is C22H26N4O3S. The van der Waals surface area contributed by atoms with Gasteiger partial charge in [-0.2, -0.15) is 0 Å². The molecule has 3 heterocycles. The second kappa shape index (κ2) is 9.07. The molecule has 4 rings (SSSR count). The summed E-state index contributed by atoms with van der Waals surface area (Å²) in [6.45, 7) is 6.79. The number of amides is 1. The number of rotatable bonds is 6. The van der Waals surface area contributed by atoms with Gasteiger partial charge in [-0.3, -0.25) is 4.79 Å². The first-order chi connectivity index (χ1) is 14.6. The number of nitrogens with zero attached hydrogens (tertiary/aromatic N) is 3. The van der Waals surface area contributed by atoms with Crippen molar-refractivity contribution in [3.63, 3.8) is 0 Å². The summed E-state index contributed by atoms with van der Waals surface area (Å²) in [6, 6.07) is 10.1. The topological polar surface area (TPSA) is 76.6 Å². The summed E-state index contributed by atoms with van der Waals surface area (Å²) in [4.78, 5) is 24.9. The third-order valence-electron chi connectivity index (χ3n) is 5.10. The number of methoxy groups -OCH3 is 1. The van der Waals surface area contributed by atoms with Crippen LogP contribution < -0.4 is 10.2 Å². The quantitative estimate of drug-likeness (QED) is 0.610. The summed E-state index contributed by atoms with van der Waals surface area (Å²) in [7, 11) is 1.62. The van der Waals surface area contributed by atoms with Crippen molar-refractivity contribution in [1.82, 2.24) is 15.3 Å². The molecule has 0 saturated carbocycles. The molecule has 1 atom stereocenters. The van der Waals surface area contributed by atoms with Crippen LogP contribution in [-0.2, 0) is 9.47 Å². The van der Waals surface area contributed by atoms with Crippen molar-refractivity contribution in [3.8, 4) is 0 Å². The van der Waals surface area contributed by atoms with Crippen molar-refractivity contribution < 1.29 is 14.3 Å². The van der Waals surface area contributed by atoms with E-state index in [9.17, 15) is 4.79 Å². The number of anilines is 1. The van der Waals surface area contributed by atoms with Crippen LogP contribution >= 0.6 is 11.3 Å². The van der Waals surface area contributed by atoms with Gasteiger partial charge in [0.25, 0.3) is 5.91 Å². The molecule has 1 amide bonds. The van der Waals surface area contributed by atoms with E-state index in [1.807, 2.05) is 38.1 Å². The molecule has 0 aliphatic carbocycles. The third-order valence-corrected chi connectivity index (χ3v) is 6.28. The number of aryl methyl sites for hydroxylation is 2. The fraction of sp³-hybridized carbons (Fsp3) is 0.409. The molecule has 7 nitrogen and oxygen atoms in total. The zero-order chi connectivity index (χ0) is 21.1. The van der Waals surface area contributed by atoms with Gasteiger partial charge in [-0.05, 0) is 25.3 Å². The maximum Gasteiger partial charge on any atom is 0.261 e. The van der Waals surface area contributed by atoms with Crippen molar-refractivity contribution in [1.29, 1.82) is 0 Å². The summed E-state index contributed by atoms with van der Waals surface area (Å²) < 4.78 is 12.3. The van der Waals surface area contributed by atoms with Gasteiger partial charge in [0.05, 0.1) is 18.1 Å². The van der Waals surface area contributed by atoms with Crippen LogP contribution in [-0.4, -0.2) is 55.8 Å². The number of carbonyl (C=O) groups excluding carboxylic acids is 1. The largest absolute Gasteiger partial charge is 0.383 e. The van der Waals surface area contributed by atoms with Gasteiger partial charge in [0, 0.05) is 48.8 Å². The molecule has 1 N–H and O–H groups in total. The average molecular weight is 427 g/mol. The zero-order valence-corrected chi connectivity index (χ0v) is 18.3. The molecule has 1 aromatic carbocycles. The van der Waals surface area contributed by atoms with Crippen molar-refractivity contribution in [2.24, 2.45) is 0 Å². The van der Waals surface area contributed by atoms with E-state index >= 15 is 0 Å². The van der Waals surface area contributed by atoms with Gasteiger partial charge < -0.3 is 19.7 Å². The van der Waals surface area contributed by atoms with E-state index in [0.717, 1.165) is 39.5 Å². The summed E-state index contributed by atoms with van der Waals surface area (Å²) in [5, 5.41) is 4.03. The van der Waals surface area contributed by atoms with Crippen molar-refractivity contribution >= 4 is 33.1 Å². The molecule has 2 aromatic heterocycles. The normalized spacial score (nSPS) is 16.8. The highest BCUT2D eigenvalue weighted by atomic mass is 32.1. The van der Waals surface area contributed by atoms with E-state index in [-0.39, 0.29) is 12.0 Å². The van der Waals surface area contributed by atoms with E-state index in [1.165, 1.54) is 11.3 Å². The van der Waals surface area contributed by atoms with E-state index in [4.69, 9.17) is 9.47 Å². The van der Waals surface area contributed by atoms with Gasteiger partial charge in [-0.15, -0.1) is 11.3 Å². The monoisotopic (exact) mass is 426 g/mol. The number of hydrogen-bond acceptors (Lipinski definition) is 7. The van der Waals surface area contributed by atoms with E-state index in [1.54, 1.807) is 7.11 Å². The first-order valence-corrected chi connectivity index (χ1v) is 10.9. The summed E-state index contributed by atoms with van der Waals surface area (Å²) in [6.07, 6.45) is -0.214. The Bertz CT molecular complexity index is 1030. The second-order valence-corrected chi connectivity index (χ2v) is 8.36. The minimum absolute atomic E-state index is 0.0855. The molecule has 0 spiro atoms. The van der Waals surface area contributed by atoms with Crippen LogP contribution in [0.2, 0.25) is 0 Å². The minimum Gasteiger partial charge on any atom is -0.383 e. The maximum absolute atomic E-state index is 12.9. The number of fused-ring (bicyclic) bond motifs is 1. The Morgan fingerprint density at radius 3 is 2.97 bits per heavy atom. The van der Waals surface area contributed by atoms with Gasteiger partial charge >= 0.3 is 0 Å². The van der Waals surface area contributed by atoms with Crippen LogP contribution in [0.4, 0.5) is 5.82 Å². The Labute approximate surface area is 180 Å². The van der Waals surface area contributed by atoms with Crippen LogP contribution in [0.25, 0.3) is 10.1 Å². The van der Waals surface area contributed by atoms with E-state index < -0.39 is 0 Å². The Hall–Kier alpha value is -2.55. The number of nitrogens with one attached hydrogen (secondary N) is 1. The number of thiophene rings is 1. The van der Waals surface area contributed by atoms with Crippen molar-refractivity contribution in [2.45, 2.75) is 20.0 Å². The lowest BCUT2D eigenvalue weighted by atomic mass is 10.0. The molecular weight excluding hydrogens is 400 g/mol. The first kappa shape index (κ1) is 20.7. The van der Waals surface area contributed by atoms with E-state index in [0.29, 0.717) is 31.2 Å². The second-order valence-electron chi connectivity index (χ2n) is 7.31. The Morgan fingerprint density at radius 2 is 2.17 bits per heavy atom. The van der Waals surface area contributed by atoms with Gasteiger partial charge in [0.2, 0.25) is 0 Å². The highest BCUT2D eigenvalue weighted by molar-refractivity contribution is 7.21. The lowest BCUT2D eigenvalue weighted by Gasteiger charge is -2.34. The smallest absolute Gasteiger partial charge is 0.261 e. The standard InChI is InChI=1S/C22H26N4O3S/c1-14-12-19(25-15(2)24-14)26-9-11-29-17(13-26)20-16-6-4-5-7-18(16)30-21(20)22(27)23-8-10-28-3/h4-7,12,17H,8-11,13H2,1-3H3,(H,23,27)/t17-/m1/s1. The molecule has 1 fully saturated rings. The zero-order valence-electron chi connectivity index (χ0n) is 17.5. The minimum atomic E-state index is -0.214. The van der Waals surface area contributed by atoms with Crippen molar-refractivity contribution in [3.05, 3.63) is 52.3 Å². The molecule has 158 valence electrons. The first-order valence-electron chi connectivity index (χ1n) is 10.0. The van der Waals surface area contributed by atoms with Crippen molar-refractivity contribution in [2.75, 3.05) is 44.9 Å². The molecule has 0 radical (unpaired) electrons. The summed E-state index contributed by atoms with van der Waals surface area (Å²) >= 11 is 1.51. The fourth-order valence-corrected chi connectivity index (χ4v) is 4.96. The molecule has 1 saturated heterocycles. The number of aromatic nitrogens is 2. The number of benzene rings is 1. The molecule has 1 aliphatic rings. The van der Waals surface area contributed by atoms with Crippen LogP contribution in [0, 0.1) is 13.8 Å². The third kappa shape index (κ3) is 4.30. The predicted octanol–water partition coefficient (Wildman–Crippen LogP) is 3.26. The van der Waals surface area contributed by atoms with Crippen LogP contribution in [0.1, 0.15) is 32.9 Å². The number of ether oxygens (including phenoxy) is 2. The summed E-state index contributed by atoms with van der Waals surface area (Å²) in [5.41, 5.74) is 1.90. The van der Waals surface area contributed by atoms with Gasteiger partial charge in [0.1, 0.15) is 17.7 Å². The fourth-order valence-electron chi connectivity index (χ4n) is 3.79. The predicted molar refractivity (Wildman–Crippen MR) is 118 cm³/mol. The molecule has 0 unspecified atom stereocenters. The Morgan fingerprint density at radius 1 is 1.33 bits per heavy atom. The number of morpholine rings is 1. The van der Waals surface area contributed by atoms with Gasteiger partial charge in [-0.25, -0.2) is 9.97 Å². The highest BCUT2D eigenvalue weighted by Crippen LogP contribution is 2.38. The van der Waals surface area contributed by atoms with Crippen LogP contribution in [0.15, 0.2) is 30.3 Å². The van der Waals surface area contributed by atoms with Crippen LogP contribution in [0.3, 0.4) is 0 Å².